The molecule has 3 nitrogen and oxygen atoms in total. The third-order valence-corrected chi connectivity index (χ3v) is 5.04. The fraction of sp³-hybridized carbons (Fsp3) is 0.500. The van der Waals surface area contributed by atoms with Crippen LogP contribution in [0.1, 0.15) is 20.8 Å². The Hall–Kier alpha value is -0.133. The molecule has 0 aromatic rings. The van der Waals surface area contributed by atoms with Gasteiger partial charge in [0, 0.05) is 4.53 Å². The van der Waals surface area contributed by atoms with Crippen LogP contribution in [0.3, 0.4) is 0 Å². The highest BCUT2D eigenvalue weighted by Crippen LogP contribution is 2.16. The highest BCUT2D eigenvalue weighted by atomic mass is 32.2. The van der Waals surface area contributed by atoms with Gasteiger partial charge in [-0.1, -0.05) is 19.4 Å². The van der Waals surface area contributed by atoms with Crippen LogP contribution in [0, 0.1) is 5.92 Å². The molecular weight excluding hydrogens is 180 g/mol. The fourth-order valence-corrected chi connectivity index (χ4v) is 1.64. The van der Waals surface area contributed by atoms with Gasteiger partial charge in [0.2, 0.25) is 0 Å². The topological polar surface area (TPSA) is 54.4 Å². The maximum Gasteiger partial charge on any atom is 0.285 e. The normalized spacial score (nSPS) is 15.4. The van der Waals surface area contributed by atoms with Gasteiger partial charge in [-0.25, -0.2) is 0 Å². The van der Waals surface area contributed by atoms with Crippen molar-refractivity contribution in [3.8, 4) is 0 Å². The molecule has 0 spiro atoms. The molecule has 0 aliphatic heterocycles. The summed E-state index contributed by atoms with van der Waals surface area (Å²) in [4.78, 5) is 0. The first-order valence-corrected chi connectivity index (χ1v) is 5.66. The Morgan fingerprint density at radius 2 is 1.64 bits per heavy atom. The maximum atomic E-state index is 10.6. The molecule has 0 rings (SSSR count). The first kappa shape index (κ1) is 10.9. The molecule has 0 aromatic heterocycles. The fourth-order valence-electron chi connectivity index (χ4n) is 0.546. The second kappa shape index (κ2) is 3.51. The van der Waals surface area contributed by atoms with E-state index < -0.39 is 10.1 Å². The van der Waals surface area contributed by atoms with Gasteiger partial charge in [0.1, 0.15) is 0 Å². The van der Waals surface area contributed by atoms with Crippen LogP contribution in [0.4, 0.5) is 0 Å². The van der Waals surface area contributed by atoms with Gasteiger partial charge in [-0.05, 0) is 12.8 Å². The van der Waals surface area contributed by atoms with Gasteiger partial charge in [0.15, 0.2) is 0 Å². The van der Waals surface area contributed by atoms with Crippen molar-refractivity contribution in [1.29, 1.82) is 0 Å². The summed E-state index contributed by atoms with van der Waals surface area (Å²) in [6.45, 7) is 5.34. The van der Waals surface area contributed by atoms with Gasteiger partial charge < -0.3 is 0 Å². The molecule has 0 saturated carbocycles. The summed E-state index contributed by atoms with van der Waals surface area (Å²) in [5.74, 6) is 0.924. The standard InChI is InChI=1S/C6H13O3SSi/c1-4(2)5(3)6(11)10(7,8)9/h1-3,11H3,(H,7,8,9)/b6-5+. The van der Waals surface area contributed by atoms with Gasteiger partial charge in [0.25, 0.3) is 10.1 Å². The quantitative estimate of drug-likeness (QED) is 0.499. The second-order valence-electron chi connectivity index (χ2n) is 2.66. The lowest BCUT2D eigenvalue weighted by atomic mass is 10.1. The molecule has 1 N–H and O–H groups in total. The van der Waals surface area contributed by atoms with Crippen LogP contribution in [0.5, 0.6) is 0 Å². The lowest BCUT2D eigenvalue weighted by molar-refractivity contribution is 0.493. The lowest BCUT2D eigenvalue weighted by Crippen LogP contribution is -2.06. The molecule has 0 amide bonds. The van der Waals surface area contributed by atoms with Crippen molar-refractivity contribution in [3.63, 3.8) is 0 Å². The zero-order valence-electron chi connectivity index (χ0n) is 7.17. The molecule has 0 fully saturated rings. The summed E-state index contributed by atoms with van der Waals surface area (Å²) in [7, 11) is -3.58. The average Bonchev–Trinajstić information content (AvgIpc) is 1.82. The number of hydrogen-bond acceptors (Lipinski definition) is 2. The van der Waals surface area contributed by atoms with E-state index in [0.717, 1.165) is 5.92 Å². The molecule has 65 valence electrons. The van der Waals surface area contributed by atoms with Crippen molar-refractivity contribution in [3.05, 3.63) is 16.0 Å². The SMILES string of the molecule is C[C](C)/C(C)=C(/[SiH3])S(=O)(=O)O. The zero-order valence-corrected chi connectivity index (χ0v) is 9.99. The van der Waals surface area contributed by atoms with Crippen molar-refractivity contribution < 1.29 is 13.0 Å². The summed E-state index contributed by atoms with van der Waals surface area (Å²) in [5.41, 5.74) is 0.680. The Morgan fingerprint density at radius 1 is 1.27 bits per heavy atom. The van der Waals surface area contributed by atoms with Crippen molar-refractivity contribution in [2.24, 2.45) is 0 Å². The van der Waals surface area contributed by atoms with Crippen LogP contribution >= 0.6 is 0 Å². The second-order valence-corrected chi connectivity index (χ2v) is 5.94. The largest absolute Gasteiger partial charge is 0.285 e. The monoisotopic (exact) mass is 193 g/mol. The van der Waals surface area contributed by atoms with E-state index in [1.54, 1.807) is 6.92 Å². The number of allylic oxidation sites excluding steroid dienone is 1. The molecule has 0 aromatic carbocycles. The minimum atomic E-state index is -3.93. The Labute approximate surface area is 70.7 Å². The van der Waals surface area contributed by atoms with Gasteiger partial charge in [-0.2, -0.15) is 8.42 Å². The molecule has 11 heavy (non-hydrogen) atoms. The van der Waals surface area contributed by atoms with E-state index in [2.05, 4.69) is 0 Å². The number of rotatable bonds is 2. The van der Waals surface area contributed by atoms with Crippen LogP contribution in [-0.2, 0) is 10.1 Å². The molecule has 0 heterocycles. The van der Waals surface area contributed by atoms with Crippen LogP contribution < -0.4 is 0 Å². The van der Waals surface area contributed by atoms with E-state index in [1.165, 1.54) is 0 Å². The van der Waals surface area contributed by atoms with E-state index in [-0.39, 0.29) is 4.53 Å². The molecule has 1 radical (unpaired) electrons. The molecule has 5 heteroatoms. The third-order valence-electron chi connectivity index (χ3n) is 1.67. The maximum absolute atomic E-state index is 10.6. The summed E-state index contributed by atoms with van der Waals surface area (Å²) in [6.07, 6.45) is 0. The van der Waals surface area contributed by atoms with Crippen LogP contribution in [0.2, 0.25) is 0 Å². The van der Waals surface area contributed by atoms with E-state index in [9.17, 15) is 8.42 Å². The molecule has 0 saturated heterocycles. The highest BCUT2D eigenvalue weighted by Gasteiger charge is 2.12. The van der Waals surface area contributed by atoms with E-state index >= 15 is 0 Å². The van der Waals surface area contributed by atoms with Crippen LogP contribution in [0.25, 0.3) is 0 Å². The zero-order chi connectivity index (χ0) is 9.23. The number of hydrogen-bond donors (Lipinski definition) is 1. The predicted molar refractivity (Wildman–Crippen MR) is 48.8 cm³/mol. The molecule has 0 bridgehead atoms. The van der Waals surface area contributed by atoms with Crippen LogP contribution in [-0.4, -0.2) is 23.2 Å². The summed E-state index contributed by atoms with van der Waals surface area (Å²) < 4.78 is 30.0. The minimum absolute atomic E-state index is 0.164. The Balaban J connectivity index is 4.99. The van der Waals surface area contributed by atoms with E-state index in [0.29, 0.717) is 15.8 Å². The van der Waals surface area contributed by atoms with Gasteiger partial charge >= 0.3 is 0 Å². The van der Waals surface area contributed by atoms with Crippen molar-refractivity contribution in [2.45, 2.75) is 20.8 Å². The van der Waals surface area contributed by atoms with Crippen molar-refractivity contribution in [1.82, 2.24) is 0 Å². The summed E-state index contributed by atoms with van der Waals surface area (Å²) in [6, 6.07) is 0. The Morgan fingerprint density at radius 3 is 1.73 bits per heavy atom. The molecular formula is C6H13O3SSi. The first-order chi connectivity index (χ1) is 4.76. The van der Waals surface area contributed by atoms with Gasteiger partial charge in [-0.3, -0.25) is 4.55 Å². The van der Waals surface area contributed by atoms with Crippen molar-refractivity contribution >= 4 is 20.4 Å². The van der Waals surface area contributed by atoms with E-state index in [4.69, 9.17) is 4.55 Å². The highest BCUT2D eigenvalue weighted by molar-refractivity contribution is 7.91. The predicted octanol–water partition coefficient (Wildman–Crippen LogP) is 0.0854. The molecule has 0 unspecified atom stereocenters. The van der Waals surface area contributed by atoms with Gasteiger partial charge in [0.05, 0.1) is 10.2 Å². The molecule has 0 aliphatic rings. The first-order valence-electron chi connectivity index (χ1n) is 3.22. The smallest absolute Gasteiger partial charge is 0.282 e. The Kier molecular flexibility index (Phi) is 3.47. The Bertz CT molecular complexity index is 264. The van der Waals surface area contributed by atoms with E-state index in [1.807, 2.05) is 13.8 Å². The lowest BCUT2D eigenvalue weighted by Gasteiger charge is -2.07. The molecule has 0 atom stereocenters. The minimum Gasteiger partial charge on any atom is -0.282 e. The summed E-state index contributed by atoms with van der Waals surface area (Å²) >= 11 is 0. The average molecular weight is 193 g/mol. The third kappa shape index (κ3) is 3.18. The van der Waals surface area contributed by atoms with Crippen LogP contribution in [0.15, 0.2) is 10.1 Å². The summed E-state index contributed by atoms with van der Waals surface area (Å²) in [5, 5.41) is 0. The molecule has 0 aliphatic carbocycles. The van der Waals surface area contributed by atoms with Gasteiger partial charge in [-0.15, -0.1) is 0 Å². The van der Waals surface area contributed by atoms with Crippen molar-refractivity contribution in [2.75, 3.05) is 0 Å².